The van der Waals surface area contributed by atoms with E-state index >= 15 is 0 Å². The number of quaternary nitrogens is 1. The van der Waals surface area contributed by atoms with Crippen LogP contribution in [0.4, 0.5) is 5.69 Å². The summed E-state index contributed by atoms with van der Waals surface area (Å²) in [5.41, 5.74) is 2.92. The molecule has 0 N–H and O–H groups in total. The summed E-state index contributed by atoms with van der Waals surface area (Å²) < 4.78 is 1.24. The van der Waals surface area contributed by atoms with Crippen molar-refractivity contribution in [1.82, 2.24) is 4.48 Å². The Morgan fingerprint density at radius 3 is 2.24 bits per heavy atom. The lowest BCUT2D eigenvalue weighted by Crippen LogP contribution is -2.53. The van der Waals surface area contributed by atoms with Crippen molar-refractivity contribution in [3.8, 4) is 0 Å². The molecule has 1 aliphatic heterocycles. The van der Waals surface area contributed by atoms with Crippen molar-refractivity contribution in [2.24, 2.45) is 0 Å². The molecule has 0 radical (unpaired) electrons. The molecule has 0 aromatic heterocycles. The van der Waals surface area contributed by atoms with E-state index in [0.29, 0.717) is 0 Å². The van der Waals surface area contributed by atoms with Gasteiger partial charge < -0.3 is 0 Å². The molecule has 2 rings (SSSR count). The third-order valence-electron chi connectivity index (χ3n) is 4.19. The van der Waals surface area contributed by atoms with Crippen LogP contribution in [0.25, 0.3) is 0 Å². The number of hydrogen-bond donors (Lipinski definition) is 0. The van der Waals surface area contributed by atoms with Gasteiger partial charge in [0.2, 0.25) is 0 Å². The van der Waals surface area contributed by atoms with E-state index in [1.54, 1.807) is 5.69 Å². The van der Waals surface area contributed by atoms with Crippen LogP contribution >= 0.6 is 0 Å². The molecule has 1 heteroatoms. The number of likely N-dealkylation sites (tertiary alicyclic amines) is 1. The minimum atomic E-state index is 1.24. The van der Waals surface area contributed by atoms with Crippen LogP contribution in [0.15, 0.2) is 24.3 Å². The molecular formula is C16H26N+. The molecule has 1 heterocycles. The van der Waals surface area contributed by atoms with E-state index in [9.17, 15) is 0 Å². The van der Waals surface area contributed by atoms with Crippen molar-refractivity contribution in [3.05, 3.63) is 29.8 Å². The summed E-state index contributed by atoms with van der Waals surface area (Å²) in [6, 6.07) is 9.26. The molecule has 0 bridgehead atoms. The normalized spacial score (nSPS) is 19.2. The molecule has 1 aromatic rings. The molecule has 0 aliphatic carbocycles. The van der Waals surface area contributed by atoms with E-state index in [0.717, 1.165) is 0 Å². The molecule has 17 heavy (non-hydrogen) atoms. The predicted octanol–water partition coefficient (Wildman–Crippen LogP) is 4.29. The lowest BCUT2D eigenvalue weighted by Gasteiger charge is -2.41. The molecule has 0 saturated carbocycles. The number of rotatable bonds is 4. The minimum Gasteiger partial charge on any atom is -0.291 e. The van der Waals surface area contributed by atoms with Crippen LogP contribution in [-0.4, -0.2) is 19.6 Å². The van der Waals surface area contributed by atoms with Crippen molar-refractivity contribution < 1.29 is 0 Å². The second-order valence-electron chi connectivity index (χ2n) is 5.57. The van der Waals surface area contributed by atoms with E-state index in [-0.39, 0.29) is 0 Å². The molecule has 0 amide bonds. The Labute approximate surface area is 106 Å². The fraction of sp³-hybridized carbons (Fsp3) is 0.625. The first-order valence-corrected chi connectivity index (χ1v) is 7.20. The van der Waals surface area contributed by atoms with Crippen LogP contribution < -0.4 is 4.48 Å². The van der Waals surface area contributed by atoms with E-state index in [1.165, 1.54) is 61.8 Å². The monoisotopic (exact) mass is 232 g/mol. The third-order valence-corrected chi connectivity index (χ3v) is 4.19. The Balaban J connectivity index is 2.21. The van der Waals surface area contributed by atoms with Crippen LogP contribution in [0.3, 0.4) is 0 Å². The summed E-state index contributed by atoms with van der Waals surface area (Å²) in [5, 5.41) is 0. The first-order valence-electron chi connectivity index (χ1n) is 7.20. The second-order valence-corrected chi connectivity index (χ2v) is 5.57. The van der Waals surface area contributed by atoms with Crippen molar-refractivity contribution in [2.75, 3.05) is 19.6 Å². The van der Waals surface area contributed by atoms with Gasteiger partial charge in [-0.2, -0.15) is 0 Å². The van der Waals surface area contributed by atoms with Crippen LogP contribution in [0.5, 0.6) is 0 Å². The van der Waals surface area contributed by atoms with Gasteiger partial charge >= 0.3 is 0 Å². The number of benzene rings is 1. The predicted molar refractivity (Wildman–Crippen MR) is 76.3 cm³/mol. The van der Waals surface area contributed by atoms with Gasteiger partial charge in [0.1, 0.15) is 5.69 Å². The standard InChI is InChI=1S/C16H26N/c1-3-4-12-17(13-6-5-7-14-17)16-10-8-15(2)9-11-16/h8-11H,3-7,12-14H2,1-2H3/q+1. The third kappa shape index (κ3) is 2.90. The fourth-order valence-electron chi connectivity index (χ4n) is 3.05. The SMILES string of the molecule is CCCC[N+]1(c2ccc(C)cc2)CCCCC1. The van der Waals surface area contributed by atoms with E-state index in [4.69, 9.17) is 0 Å². The molecule has 1 aliphatic rings. The molecule has 0 atom stereocenters. The zero-order chi connectivity index (χ0) is 12.1. The van der Waals surface area contributed by atoms with Crippen molar-refractivity contribution >= 4 is 5.69 Å². The van der Waals surface area contributed by atoms with Gasteiger partial charge in [-0.1, -0.05) is 31.0 Å². The Bertz CT molecular complexity index is 333. The van der Waals surface area contributed by atoms with E-state index in [2.05, 4.69) is 38.1 Å². The zero-order valence-electron chi connectivity index (χ0n) is 11.4. The minimum absolute atomic E-state index is 1.24. The molecule has 94 valence electrons. The van der Waals surface area contributed by atoms with E-state index in [1.807, 2.05) is 0 Å². The average Bonchev–Trinajstić information content (AvgIpc) is 2.38. The van der Waals surface area contributed by atoms with Crippen molar-refractivity contribution in [2.45, 2.75) is 46.0 Å². The second kappa shape index (κ2) is 5.68. The maximum Gasteiger partial charge on any atom is 0.132 e. The zero-order valence-corrected chi connectivity index (χ0v) is 11.4. The average molecular weight is 232 g/mol. The largest absolute Gasteiger partial charge is 0.291 e. The van der Waals surface area contributed by atoms with Gasteiger partial charge in [0.25, 0.3) is 0 Å². The molecule has 1 aromatic carbocycles. The molecular weight excluding hydrogens is 206 g/mol. The Morgan fingerprint density at radius 1 is 1.00 bits per heavy atom. The van der Waals surface area contributed by atoms with Crippen molar-refractivity contribution in [3.63, 3.8) is 0 Å². The quantitative estimate of drug-likeness (QED) is 0.679. The van der Waals surface area contributed by atoms with Crippen LogP contribution in [0, 0.1) is 6.92 Å². The van der Waals surface area contributed by atoms with Crippen LogP contribution in [0.1, 0.15) is 44.6 Å². The van der Waals surface area contributed by atoms with Gasteiger partial charge in [0.05, 0.1) is 19.6 Å². The van der Waals surface area contributed by atoms with Gasteiger partial charge in [-0.3, -0.25) is 4.48 Å². The van der Waals surface area contributed by atoms with Crippen molar-refractivity contribution in [1.29, 1.82) is 0 Å². The number of hydrogen-bond acceptors (Lipinski definition) is 0. The molecule has 1 nitrogen and oxygen atoms in total. The first-order chi connectivity index (χ1) is 8.27. The summed E-state index contributed by atoms with van der Waals surface area (Å²) in [6.07, 6.45) is 6.90. The molecule has 0 spiro atoms. The topological polar surface area (TPSA) is 0 Å². The van der Waals surface area contributed by atoms with Gasteiger partial charge in [-0.25, -0.2) is 0 Å². The number of piperidine rings is 1. The smallest absolute Gasteiger partial charge is 0.132 e. The Kier molecular flexibility index (Phi) is 4.22. The van der Waals surface area contributed by atoms with Gasteiger partial charge in [0.15, 0.2) is 0 Å². The van der Waals surface area contributed by atoms with Crippen LogP contribution in [-0.2, 0) is 0 Å². The highest BCUT2D eigenvalue weighted by atomic mass is 15.4. The number of unbranched alkanes of at least 4 members (excludes halogenated alkanes) is 1. The summed E-state index contributed by atoms with van der Waals surface area (Å²) in [5.74, 6) is 0. The van der Waals surface area contributed by atoms with Gasteiger partial charge in [-0.05, 0) is 44.7 Å². The first kappa shape index (κ1) is 12.6. The summed E-state index contributed by atoms with van der Waals surface area (Å²) in [4.78, 5) is 0. The highest BCUT2D eigenvalue weighted by Gasteiger charge is 2.31. The Hall–Kier alpha value is -0.820. The van der Waals surface area contributed by atoms with Gasteiger partial charge in [0, 0.05) is 0 Å². The molecule has 0 unspecified atom stereocenters. The molecule has 1 saturated heterocycles. The number of aryl methyl sites for hydroxylation is 1. The lowest BCUT2D eigenvalue weighted by molar-refractivity contribution is 0.225. The highest BCUT2D eigenvalue weighted by molar-refractivity contribution is 5.44. The lowest BCUT2D eigenvalue weighted by atomic mass is 10.0. The maximum absolute atomic E-state index is 2.36. The Morgan fingerprint density at radius 2 is 1.65 bits per heavy atom. The maximum atomic E-state index is 2.36. The summed E-state index contributed by atoms with van der Waals surface area (Å²) in [7, 11) is 0. The van der Waals surface area contributed by atoms with E-state index < -0.39 is 0 Å². The summed E-state index contributed by atoms with van der Waals surface area (Å²) in [6.45, 7) is 8.51. The number of nitrogens with zero attached hydrogens (tertiary/aromatic N) is 1. The fourth-order valence-corrected chi connectivity index (χ4v) is 3.05. The molecule has 1 fully saturated rings. The van der Waals surface area contributed by atoms with Gasteiger partial charge in [-0.15, -0.1) is 0 Å². The summed E-state index contributed by atoms with van der Waals surface area (Å²) >= 11 is 0. The van der Waals surface area contributed by atoms with Crippen LogP contribution in [0.2, 0.25) is 0 Å². The highest BCUT2D eigenvalue weighted by Crippen LogP contribution is 2.29.